The molecule has 0 spiro atoms. The number of rotatable bonds is 4. The third kappa shape index (κ3) is 3.27. The molecule has 5 nitrogen and oxygen atoms in total. The van der Waals surface area contributed by atoms with E-state index >= 15 is 0 Å². The highest BCUT2D eigenvalue weighted by molar-refractivity contribution is 5.92. The minimum Gasteiger partial charge on any atom is -0.337 e. The van der Waals surface area contributed by atoms with Crippen molar-refractivity contribution in [2.75, 3.05) is 0 Å². The van der Waals surface area contributed by atoms with E-state index in [1.54, 1.807) is 0 Å². The molecule has 1 N–H and O–H groups in total. The lowest BCUT2D eigenvalue weighted by Crippen LogP contribution is -1.93. The van der Waals surface area contributed by atoms with Gasteiger partial charge < -0.3 is 4.98 Å². The predicted molar refractivity (Wildman–Crippen MR) is 119 cm³/mol. The quantitative estimate of drug-likeness (QED) is 0.415. The van der Waals surface area contributed by atoms with Crippen molar-refractivity contribution in [3.05, 3.63) is 103 Å². The van der Waals surface area contributed by atoms with Crippen LogP contribution in [0.2, 0.25) is 0 Å². The zero-order valence-electron chi connectivity index (χ0n) is 16.0. The molecule has 5 rings (SSSR count). The number of para-hydroxylation sites is 3. The summed E-state index contributed by atoms with van der Waals surface area (Å²) in [6.45, 7) is 0. The van der Waals surface area contributed by atoms with Gasteiger partial charge in [0.2, 0.25) is 0 Å². The maximum atomic E-state index is 9.85. The fourth-order valence-corrected chi connectivity index (χ4v) is 3.42. The van der Waals surface area contributed by atoms with Crippen LogP contribution in [0.3, 0.4) is 0 Å². The minimum absolute atomic E-state index is 0.455. The van der Waals surface area contributed by atoms with Crippen molar-refractivity contribution in [1.29, 1.82) is 5.26 Å². The van der Waals surface area contributed by atoms with Gasteiger partial charge in [0.05, 0.1) is 28.0 Å². The minimum atomic E-state index is 0.455. The average Bonchev–Trinajstić information content (AvgIpc) is 3.43. The Labute approximate surface area is 173 Å². The van der Waals surface area contributed by atoms with E-state index in [1.165, 1.54) is 0 Å². The second-order valence-corrected chi connectivity index (χ2v) is 6.85. The summed E-state index contributed by atoms with van der Waals surface area (Å²) in [4.78, 5) is 7.81. The van der Waals surface area contributed by atoms with Gasteiger partial charge in [-0.05, 0) is 30.3 Å². The third-order valence-electron chi connectivity index (χ3n) is 4.88. The molecule has 0 unspecified atom stereocenters. The van der Waals surface area contributed by atoms with Crippen molar-refractivity contribution in [3.8, 4) is 23.0 Å². The predicted octanol–water partition coefficient (Wildman–Crippen LogP) is 5.48. The van der Waals surface area contributed by atoms with Crippen molar-refractivity contribution in [3.63, 3.8) is 0 Å². The van der Waals surface area contributed by atoms with Gasteiger partial charge in [-0.2, -0.15) is 10.4 Å². The SMILES string of the molecule is N#C/C(=C/c1cn(-c2ccccc2)nc1-c1ccccc1)c1nc2ccccc2[nH]1. The fraction of sp³-hybridized carbons (Fsp3) is 0. The maximum absolute atomic E-state index is 9.85. The molecule has 0 aliphatic heterocycles. The van der Waals surface area contributed by atoms with Crippen LogP contribution in [0.5, 0.6) is 0 Å². The molecule has 0 bridgehead atoms. The number of aromatic nitrogens is 4. The van der Waals surface area contributed by atoms with Crippen LogP contribution < -0.4 is 0 Å². The summed E-state index contributed by atoms with van der Waals surface area (Å²) in [6.07, 6.45) is 3.78. The second-order valence-electron chi connectivity index (χ2n) is 6.85. The highest BCUT2D eigenvalue weighted by Crippen LogP contribution is 2.27. The molecule has 0 aliphatic rings. The van der Waals surface area contributed by atoms with Gasteiger partial charge >= 0.3 is 0 Å². The number of nitrogens with zero attached hydrogens (tertiary/aromatic N) is 4. The number of nitrogens with one attached hydrogen (secondary N) is 1. The van der Waals surface area contributed by atoms with E-state index < -0.39 is 0 Å². The molecule has 0 atom stereocenters. The largest absolute Gasteiger partial charge is 0.337 e. The zero-order valence-corrected chi connectivity index (χ0v) is 16.0. The van der Waals surface area contributed by atoms with E-state index in [9.17, 15) is 5.26 Å². The Morgan fingerprint density at radius 1 is 0.900 bits per heavy atom. The Kier molecular flexibility index (Phi) is 4.43. The smallest absolute Gasteiger partial charge is 0.149 e. The molecule has 2 aromatic heterocycles. The van der Waals surface area contributed by atoms with Gasteiger partial charge in [-0.1, -0.05) is 60.7 Å². The van der Waals surface area contributed by atoms with Crippen LogP contribution in [0, 0.1) is 11.3 Å². The normalized spacial score (nSPS) is 11.5. The summed E-state index contributed by atoms with van der Waals surface area (Å²) < 4.78 is 1.84. The van der Waals surface area contributed by atoms with Gasteiger partial charge in [-0.15, -0.1) is 0 Å². The zero-order chi connectivity index (χ0) is 20.3. The van der Waals surface area contributed by atoms with E-state index in [2.05, 4.69) is 16.0 Å². The lowest BCUT2D eigenvalue weighted by molar-refractivity contribution is 0.884. The number of nitriles is 1. The molecular weight excluding hydrogens is 370 g/mol. The van der Waals surface area contributed by atoms with Crippen LogP contribution in [0.1, 0.15) is 11.4 Å². The summed E-state index contributed by atoms with van der Waals surface area (Å²) in [5.74, 6) is 0.546. The van der Waals surface area contributed by atoms with Crippen LogP contribution >= 0.6 is 0 Å². The Morgan fingerprint density at radius 3 is 2.33 bits per heavy atom. The topological polar surface area (TPSA) is 70.3 Å². The average molecular weight is 387 g/mol. The number of benzene rings is 3. The van der Waals surface area contributed by atoms with Crippen molar-refractivity contribution in [2.45, 2.75) is 0 Å². The van der Waals surface area contributed by atoms with Crippen LogP contribution in [0.25, 0.3) is 39.6 Å². The lowest BCUT2D eigenvalue weighted by Gasteiger charge is -2.00. The van der Waals surface area contributed by atoms with Crippen molar-refractivity contribution in [2.24, 2.45) is 0 Å². The first kappa shape index (κ1) is 17.7. The van der Waals surface area contributed by atoms with Gasteiger partial charge in [0.1, 0.15) is 11.9 Å². The molecule has 142 valence electrons. The van der Waals surface area contributed by atoms with Gasteiger partial charge in [-0.3, -0.25) is 0 Å². The van der Waals surface area contributed by atoms with Crippen molar-refractivity contribution >= 4 is 22.7 Å². The molecule has 5 aromatic rings. The third-order valence-corrected chi connectivity index (χ3v) is 4.88. The molecule has 30 heavy (non-hydrogen) atoms. The summed E-state index contributed by atoms with van der Waals surface area (Å²) in [7, 11) is 0. The van der Waals surface area contributed by atoms with Gasteiger partial charge in [0.15, 0.2) is 0 Å². The van der Waals surface area contributed by atoms with Gasteiger partial charge in [0, 0.05) is 17.3 Å². The van der Waals surface area contributed by atoms with Gasteiger partial charge in [-0.25, -0.2) is 9.67 Å². The molecule has 0 fully saturated rings. The number of allylic oxidation sites excluding steroid dienone is 1. The van der Waals surface area contributed by atoms with Crippen molar-refractivity contribution < 1.29 is 0 Å². The molecule has 0 amide bonds. The van der Waals surface area contributed by atoms with E-state index in [-0.39, 0.29) is 0 Å². The Bertz CT molecular complexity index is 1350. The van der Waals surface area contributed by atoms with E-state index in [0.717, 1.165) is 33.5 Å². The Morgan fingerprint density at radius 2 is 1.60 bits per heavy atom. The number of H-pyrrole nitrogens is 1. The number of imidazole rings is 1. The first-order valence-electron chi connectivity index (χ1n) is 9.59. The van der Waals surface area contributed by atoms with Crippen molar-refractivity contribution in [1.82, 2.24) is 19.7 Å². The first-order valence-corrected chi connectivity index (χ1v) is 9.59. The summed E-state index contributed by atoms with van der Waals surface area (Å²) in [5, 5.41) is 14.7. The van der Waals surface area contributed by atoms with Crippen LogP contribution in [0.15, 0.2) is 91.1 Å². The second kappa shape index (κ2) is 7.53. The lowest BCUT2D eigenvalue weighted by atomic mass is 10.1. The molecule has 0 aliphatic carbocycles. The number of hydrogen-bond donors (Lipinski definition) is 1. The number of aromatic amines is 1. The number of fused-ring (bicyclic) bond motifs is 1. The Balaban J connectivity index is 1.66. The molecule has 0 radical (unpaired) electrons. The van der Waals surface area contributed by atoms with Gasteiger partial charge in [0.25, 0.3) is 0 Å². The van der Waals surface area contributed by atoms with Crippen LogP contribution in [0.4, 0.5) is 0 Å². The fourth-order valence-electron chi connectivity index (χ4n) is 3.42. The highest BCUT2D eigenvalue weighted by atomic mass is 15.3. The molecule has 5 heteroatoms. The Hall–Kier alpha value is -4.43. The van der Waals surface area contributed by atoms with Crippen LogP contribution in [-0.4, -0.2) is 19.7 Å². The van der Waals surface area contributed by atoms with E-state index in [4.69, 9.17) is 5.10 Å². The van der Waals surface area contributed by atoms with E-state index in [1.807, 2.05) is 102 Å². The van der Waals surface area contributed by atoms with Crippen LogP contribution in [-0.2, 0) is 0 Å². The summed E-state index contributed by atoms with van der Waals surface area (Å²) in [6, 6.07) is 29.9. The molecule has 2 heterocycles. The number of hydrogen-bond acceptors (Lipinski definition) is 3. The first-order chi connectivity index (χ1) is 14.8. The highest BCUT2D eigenvalue weighted by Gasteiger charge is 2.14. The molecule has 0 saturated carbocycles. The summed E-state index contributed by atoms with van der Waals surface area (Å²) >= 11 is 0. The van der Waals surface area contributed by atoms with E-state index in [0.29, 0.717) is 11.4 Å². The standard InChI is InChI=1S/C25H17N5/c26-16-19(25-27-22-13-7-8-14-23(22)28-25)15-20-17-30(21-11-5-2-6-12-21)29-24(20)18-9-3-1-4-10-18/h1-15,17H,(H,27,28)/b19-15-. The summed E-state index contributed by atoms with van der Waals surface area (Å²) in [5.41, 5.74) is 5.78. The maximum Gasteiger partial charge on any atom is 0.149 e. The molecule has 0 saturated heterocycles. The molecular formula is C25H17N5. The monoisotopic (exact) mass is 387 g/mol. The molecule has 3 aromatic carbocycles.